The largest absolute Gasteiger partial charge is 0.336 e. The van der Waals surface area contributed by atoms with E-state index in [2.05, 4.69) is 0 Å². The SMILES string of the molecule is Cc1csc(C(=O)N2CCC(N)C2)c1Cl. The summed E-state index contributed by atoms with van der Waals surface area (Å²) in [7, 11) is 0. The van der Waals surface area contributed by atoms with E-state index in [0.29, 0.717) is 16.4 Å². The Morgan fingerprint density at radius 1 is 1.73 bits per heavy atom. The molecule has 0 spiro atoms. The van der Waals surface area contributed by atoms with Crippen LogP contribution in [0.5, 0.6) is 0 Å². The molecule has 1 aromatic rings. The Morgan fingerprint density at radius 3 is 2.93 bits per heavy atom. The van der Waals surface area contributed by atoms with Crippen LogP contribution in [0.15, 0.2) is 5.38 Å². The number of carbonyl (C=O) groups is 1. The van der Waals surface area contributed by atoms with Gasteiger partial charge in [-0.05, 0) is 24.3 Å². The van der Waals surface area contributed by atoms with E-state index in [1.807, 2.05) is 12.3 Å². The summed E-state index contributed by atoms with van der Waals surface area (Å²) < 4.78 is 0. The fraction of sp³-hybridized carbons (Fsp3) is 0.500. The molecule has 0 aliphatic carbocycles. The van der Waals surface area contributed by atoms with Gasteiger partial charge in [-0.25, -0.2) is 0 Å². The van der Waals surface area contributed by atoms with Gasteiger partial charge in [-0.2, -0.15) is 0 Å². The molecule has 1 atom stereocenters. The molecule has 1 aliphatic heterocycles. The fourth-order valence-electron chi connectivity index (χ4n) is 1.69. The van der Waals surface area contributed by atoms with Crippen molar-refractivity contribution < 1.29 is 4.79 Å². The lowest BCUT2D eigenvalue weighted by molar-refractivity contribution is 0.0796. The van der Waals surface area contributed by atoms with Gasteiger partial charge in [0.25, 0.3) is 5.91 Å². The maximum absolute atomic E-state index is 12.0. The van der Waals surface area contributed by atoms with E-state index < -0.39 is 0 Å². The van der Waals surface area contributed by atoms with Gasteiger partial charge in [-0.1, -0.05) is 11.6 Å². The van der Waals surface area contributed by atoms with Gasteiger partial charge >= 0.3 is 0 Å². The average molecular weight is 245 g/mol. The Morgan fingerprint density at radius 2 is 2.47 bits per heavy atom. The van der Waals surface area contributed by atoms with Gasteiger partial charge in [0, 0.05) is 19.1 Å². The van der Waals surface area contributed by atoms with Gasteiger partial charge in [0.05, 0.1) is 5.02 Å². The average Bonchev–Trinajstić information content (AvgIpc) is 2.75. The molecule has 82 valence electrons. The molecule has 1 amide bonds. The molecule has 0 bridgehead atoms. The van der Waals surface area contributed by atoms with E-state index >= 15 is 0 Å². The van der Waals surface area contributed by atoms with E-state index in [0.717, 1.165) is 18.5 Å². The van der Waals surface area contributed by atoms with Gasteiger partial charge in [-0.15, -0.1) is 11.3 Å². The minimum absolute atomic E-state index is 0.0195. The van der Waals surface area contributed by atoms with E-state index in [-0.39, 0.29) is 11.9 Å². The number of halogens is 1. The van der Waals surface area contributed by atoms with Crippen molar-refractivity contribution in [2.24, 2.45) is 5.73 Å². The smallest absolute Gasteiger partial charge is 0.265 e. The number of amides is 1. The van der Waals surface area contributed by atoms with Crippen molar-refractivity contribution in [3.8, 4) is 0 Å². The highest BCUT2D eigenvalue weighted by atomic mass is 35.5. The second-order valence-electron chi connectivity index (χ2n) is 3.86. The predicted molar refractivity (Wildman–Crippen MR) is 62.6 cm³/mol. The zero-order valence-corrected chi connectivity index (χ0v) is 10.1. The van der Waals surface area contributed by atoms with Crippen molar-refractivity contribution in [2.45, 2.75) is 19.4 Å². The second-order valence-corrected chi connectivity index (χ2v) is 5.12. The number of hydrogen-bond donors (Lipinski definition) is 1. The summed E-state index contributed by atoms with van der Waals surface area (Å²) in [6.07, 6.45) is 0.883. The van der Waals surface area contributed by atoms with Gasteiger partial charge in [0.1, 0.15) is 4.88 Å². The number of nitrogens with two attached hydrogens (primary N) is 1. The molecule has 15 heavy (non-hydrogen) atoms. The first-order valence-electron chi connectivity index (χ1n) is 4.88. The van der Waals surface area contributed by atoms with E-state index in [9.17, 15) is 4.79 Å². The number of hydrogen-bond acceptors (Lipinski definition) is 3. The Balaban J connectivity index is 2.18. The molecule has 1 fully saturated rings. The number of aryl methyl sites for hydroxylation is 1. The molecule has 0 aromatic carbocycles. The molecule has 2 rings (SSSR count). The number of likely N-dealkylation sites (tertiary alicyclic amines) is 1. The third-order valence-electron chi connectivity index (χ3n) is 2.61. The number of carbonyl (C=O) groups excluding carboxylic acids is 1. The van der Waals surface area contributed by atoms with Gasteiger partial charge in [0.2, 0.25) is 0 Å². The minimum Gasteiger partial charge on any atom is -0.336 e. The molecule has 0 radical (unpaired) electrons. The minimum atomic E-state index is 0.0195. The molecule has 1 unspecified atom stereocenters. The van der Waals surface area contributed by atoms with Crippen LogP contribution in [0.2, 0.25) is 5.02 Å². The molecule has 2 N–H and O–H groups in total. The summed E-state index contributed by atoms with van der Waals surface area (Å²) in [5, 5.41) is 2.50. The second kappa shape index (κ2) is 4.12. The van der Waals surface area contributed by atoms with Crippen LogP contribution in [0, 0.1) is 6.92 Å². The number of thiophene rings is 1. The monoisotopic (exact) mass is 244 g/mol. The maximum atomic E-state index is 12.0. The summed E-state index contributed by atoms with van der Waals surface area (Å²) in [4.78, 5) is 14.4. The van der Waals surface area contributed by atoms with Crippen LogP contribution >= 0.6 is 22.9 Å². The van der Waals surface area contributed by atoms with Crippen molar-refractivity contribution >= 4 is 28.8 Å². The topological polar surface area (TPSA) is 46.3 Å². The molecule has 1 aliphatic rings. The quantitative estimate of drug-likeness (QED) is 0.820. The molecule has 1 saturated heterocycles. The molecule has 5 heteroatoms. The first kappa shape index (κ1) is 10.9. The third kappa shape index (κ3) is 2.02. The highest BCUT2D eigenvalue weighted by molar-refractivity contribution is 7.13. The lowest BCUT2D eigenvalue weighted by atomic mass is 10.3. The lowest BCUT2D eigenvalue weighted by Gasteiger charge is -2.14. The zero-order valence-electron chi connectivity index (χ0n) is 8.50. The van der Waals surface area contributed by atoms with Crippen molar-refractivity contribution in [2.75, 3.05) is 13.1 Å². The Hall–Kier alpha value is -0.580. The van der Waals surface area contributed by atoms with Gasteiger partial charge in [-0.3, -0.25) is 4.79 Å². The maximum Gasteiger partial charge on any atom is 0.265 e. The number of nitrogens with zero attached hydrogens (tertiary/aromatic N) is 1. The summed E-state index contributed by atoms with van der Waals surface area (Å²) in [5.74, 6) is 0.0195. The van der Waals surface area contributed by atoms with Crippen LogP contribution in [-0.2, 0) is 0 Å². The standard InChI is InChI=1S/C10H13ClN2OS/c1-6-5-15-9(8(6)11)10(14)13-3-2-7(12)4-13/h5,7H,2-4,12H2,1H3. The summed E-state index contributed by atoms with van der Waals surface area (Å²) in [6.45, 7) is 3.30. The summed E-state index contributed by atoms with van der Waals surface area (Å²) in [5.41, 5.74) is 6.73. The van der Waals surface area contributed by atoms with E-state index in [1.54, 1.807) is 4.90 Å². The van der Waals surface area contributed by atoms with Crippen molar-refractivity contribution in [3.05, 3.63) is 20.8 Å². The molecule has 3 nitrogen and oxygen atoms in total. The molecular formula is C10H13ClN2OS. The highest BCUT2D eigenvalue weighted by Crippen LogP contribution is 2.29. The van der Waals surface area contributed by atoms with E-state index in [4.69, 9.17) is 17.3 Å². The molecular weight excluding hydrogens is 232 g/mol. The number of rotatable bonds is 1. The van der Waals surface area contributed by atoms with Crippen LogP contribution in [-0.4, -0.2) is 29.9 Å². The third-order valence-corrected chi connectivity index (χ3v) is 4.29. The van der Waals surface area contributed by atoms with Crippen LogP contribution in [0.4, 0.5) is 0 Å². The Labute approximate surface area is 97.8 Å². The first-order chi connectivity index (χ1) is 7.09. The molecule has 2 heterocycles. The zero-order chi connectivity index (χ0) is 11.0. The molecule has 1 aromatic heterocycles. The van der Waals surface area contributed by atoms with Crippen LogP contribution in [0.1, 0.15) is 21.7 Å². The summed E-state index contributed by atoms with van der Waals surface area (Å²) >= 11 is 7.46. The predicted octanol–water partition coefficient (Wildman–Crippen LogP) is 1.88. The Kier molecular flexibility index (Phi) is 3.00. The summed E-state index contributed by atoms with van der Waals surface area (Å²) in [6, 6.07) is 0.119. The van der Waals surface area contributed by atoms with Crippen LogP contribution in [0.3, 0.4) is 0 Å². The Bertz CT molecular complexity index is 391. The lowest BCUT2D eigenvalue weighted by Crippen LogP contribution is -2.31. The fourth-order valence-corrected chi connectivity index (χ4v) is 2.93. The van der Waals surface area contributed by atoms with Gasteiger partial charge < -0.3 is 10.6 Å². The van der Waals surface area contributed by atoms with Crippen molar-refractivity contribution in [1.29, 1.82) is 0 Å². The van der Waals surface area contributed by atoms with Gasteiger partial charge in [0.15, 0.2) is 0 Å². The first-order valence-corrected chi connectivity index (χ1v) is 6.14. The van der Waals surface area contributed by atoms with Crippen molar-refractivity contribution in [1.82, 2.24) is 4.90 Å². The van der Waals surface area contributed by atoms with Crippen LogP contribution < -0.4 is 5.73 Å². The van der Waals surface area contributed by atoms with Crippen molar-refractivity contribution in [3.63, 3.8) is 0 Å². The normalized spacial score (nSPS) is 21.0. The van der Waals surface area contributed by atoms with Crippen LogP contribution in [0.25, 0.3) is 0 Å². The highest BCUT2D eigenvalue weighted by Gasteiger charge is 2.27. The van der Waals surface area contributed by atoms with E-state index in [1.165, 1.54) is 11.3 Å². The molecule has 0 saturated carbocycles.